The molecule has 0 aromatic heterocycles. The van der Waals surface area contributed by atoms with Crippen LogP contribution < -0.4 is 0 Å². The van der Waals surface area contributed by atoms with Crippen LogP contribution in [0.1, 0.15) is 56.8 Å². The van der Waals surface area contributed by atoms with Gasteiger partial charge in [-0.1, -0.05) is 37.1 Å². The molecule has 0 aliphatic heterocycles. The summed E-state index contributed by atoms with van der Waals surface area (Å²) in [5, 5.41) is 22.2. The van der Waals surface area contributed by atoms with Gasteiger partial charge in [0.1, 0.15) is 6.10 Å². The molecule has 8 heteroatoms. The van der Waals surface area contributed by atoms with Crippen LogP contribution in [0.2, 0.25) is 0 Å². The average Bonchev–Trinajstić information content (AvgIpc) is 2.96. The minimum absolute atomic E-state index is 0.202. The summed E-state index contributed by atoms with van der Waals surface area (Å²) < 4.78 is 5.75. The Hall–Kier alpha value is -3.03. The molecule has 0 saturated heterocycles. The number of non-ortho nitro benzene ring substituents is 2. The summed E-state index contributed by atoms with van der Waals surface area (Å²) in [6, 6.07) is 2.84. The average molecular weight is 400 g/mol. The molecule has 0 spiro atoms. The Morgan fingerprint density at radius 2 is 1.76 bits per heavy atom. The first-order chi connectivity index (χ1) is 13.5. The molecule has 29 heavy (non-hydrogen) atoms. The van der Waals surface area contributed by atoms with Crippen LogP contribution in [0.15, 0.2) is 41.5 Å². The second-order valence-corrected chi connectivity index (χ2v) is 8.57. The summed E-state index contributed by atoms with van der Waals surface area (Å²) >= 11 is 0. The summed E-state index contributed by atoms with van der Waals surface area (Å²) in [5.74, 6) is -0.502. The second kappa shape index (κ2) is 7.42. The first-order valence-corrected chi connectivity index (χ1v) is 9.50. The molecule has 1 aromatic rings. The molecule has 0 unspecified atom stereocenters. The maximum atomic E-state index is 12.8. The molecular weight excluding hydrogens is 376 g/mol. The van der Waals surface area contributed by atoms with Gasteiger partial charge in [0.25, 0.3) is 11.4 Å². The number of nitro groups is 2. The zero-order valence-corrected chi connectivity index (χ0v) is 16.8. The predicted molar refractivity (Wildman–Crippen MR) is 107 cm³/mol. The van der Waals surface area contributed by atoms with Crippen LogP contribution in [0, 0.1) is 31.6 Å². The molecule has 2 atom stereocenters. The predicted octanol–water partition coefficient (Wildman–Crippen LogP) is 5.13. The molecule has 3 rings (SSSR count). The molecule has 2 aliphatic rings. The van der Waals surface area contributed by atoms with Gasteiger partial charge in [-0.15, -0.1) is 0 Å². The van der Waals surface area contributed by atoms with Crippen LogP contribution in [-0.4, -0.2) is 21.9 Å². The maximum Gasteiger partial charge on any atom is 0.338 e. The van der Waals surface area contributed by atoms with Gasteiger partial charge in [-0.25, -0.2) is 4.79 Å². The summed E-state index contributed by atoms with van der Waals surface area (Å²) in [6.07, 6.45) is 2.86. The van der Waals surface area contributed by atoms with Crippen molar-refractivity contribution in [1.82, 2.24) is 0 Å². The van der Waals surface area contributed by atoms with E-state index in [1.165, 1.54) is 11.1 Å². The fourth-order valence-electron chi connectivity index (χ4n) is 4.30. The minimum Gasteiger partial charge on any atom is -0.458 e. The molecule has 0 amide bonds. The lowest BCUT2D eigenvalue weighted by Crippen LogP contribution is -2.33. The Labute approximate surface area is 168 Å². The summed E-state index contributed by atoms with van der Waals surface area (Å²) in [4.78, 5) is 33.4. The number of fused-ring (bicyclic) bond motifs is 1. The van der Waals surface area contributed by atoms with E-state index in [4.69, 9.17) is 4.74 Å². The number of nitro benzene ring substituents is 2. The van der Waals surface area contributed by atoms with Gasteiger partial charge in [0.05, 0.1) is 21.5 Å². The number of hydrogen-bond acceptors (Lipinski definition) is 6. The Kier molecular flexibility index (Phi) is 5.30. The van der Waals surface area contributed by atoms with Crippen LogP contribution in [0.5, 0.6) is 0 Å². The van der Waals surface area contributed by atoms with Crippen molar-refractivity contribution in [3.8, 4) is 0 Å². The molecule has 0 bridgehead atoms. The van der Waals surface area contributed by atoms with Crippen LogP contribution >= 0.6 is 0 Å². The topological polar surface area (TPSA) is 113 Å². The van der Waals surface area contributed by atoms with Gasteiger partial charge in [-0.2, -0.15) is 0 Å². The number of ether oxygens (including phenoxy) is 1. The lowest BCUT2D eigenvalue weighted by Gasteiger charge is -2.32. The van der Waals surface area contributed by atoms with E-state index in [1.54, 1.807) is 0 Å². The third kappa shape index (κ3) is 4.06. The number of allylic oxidation sites excluding steroid dienone is 2. The van der Waals surface area contributed by atoms with Crippen molar-refractivity contribution >= 4 is 17.3 Å². The highest BCUT2D eigenvalue weighted by molar-refractivity contribution is 5.91. The molecule has 8 nitrogen and oxygen atoms in total. The van der Waals surface area contributed by atoms with Gasteiger partial charge in [0, 0.05) is 29.9 Å². The monoisotopic (exact) mass is 400 g/mol. The highest BCUT2D eigenvalue weighted by atomic mass is 16.6. The summed E-state index contributed by atoms with van der Waals surface area (Å²) in [7, 11) is 0. The van der Waals surface area contributed by atoms with Crippen LogP contribution in [-0.2, 0) is 4.74 Å². The lowest BCUT2D eigenvalue weighted by atomic mass is 9.80. The van der Waals surface area contributed by atoms with E-state index in [0.717, 1.165) is 43.0 Å². The minimum atomic E-state index is -0.805. The highest BCUT2D eigenvalue weighted by Crippen LogP contribution is 2.49. The number of carbonyl (C=O) groups is 1. The quantitative estimate of drug-likeness (QED) is 0.300. The molecule has 0 heterocycles. The Morgan fingerprint density at radius 1 is 1.17 bits per heavy atom. The Bertz CT molecular complexity index is 914. The molecule has 1 fully saturated rings. The van der Waals surface area contributed by atoms with Crippen LogP contribution in [0.25, 0.3) is 0 Å². The second-order valence-electron chi connectivity index (χ2n) is 8.57. The molecule has 2 aliphatic carbocycles. The Balaban J connectivity index is 1.90. The van der Waals surface area contributed by atoms with Crippen molar-refractivity contribution < 1.29 is 19.4 Å². The molecule has 1 aromatic carbocycles. The molecule has 154 valence electrons. The fourth-order valence-corrected chi connectivity index (χ4v) is 4.30. The van der Waals surface area contributed by atoms with Crippen molar-refractivity contribution in [1.29, 1.82) is 0 Å². The highest BCUT2D eigenvalue weighted by Gasteiger charge is 2.42. The van der Waals surface area contributed by atoms with Crippen LogP contribution in [0.3, 0.4) is 0 Å². The summed E-state index contributed by atoms with van der Waals surface area (Å²) in [6.45, 7) is 10.4. The SMILES string of the molecule is C=C1C[C@H](OC(=O)c2cc([N+](=O)[O-])cc([N+](=O)[O-])c2)C(C)(C)CC2=C(C)CC[C@@H]12. The normalized spacial score (nSPS) is 23.3. The van der Waals surface area contributed by atoms with E-state index in [-0.39, 0.29) is 11.0 Å². The van der Waals surface area contributed by atoms with Gasteiger partial charge >= 0.3 is 5.97 Å². The number of rotatable bonds is 4. The van der Waals surface area contributed by atoms with E-state index < -0.39 is 33.3 Å². The zero-order chi connectivity index (χ0) is 21.5. The van der Waals surface area contributed by atoms with Crippen molar-refractivity contribution in [3.05, 3.63) is 67.3 Å². The zero-order valence-electron chi connectivity index (χ0n) is 16.8. The largest absolute Gasteiger partial charge is 0.458 e. The van der Waals surface area contributed by atoms with Gasteiger partial charge < -0.3 is 4.74 Å². The van der Waals surface area contributed by atoms with E-state index >= 15 is 0 Å². The van der Waals surface area contributed by atoms with Crippen molar-refractivity contribution in [2.75, 3.05) is 0 Å². The van der Waals surface area contributed by atoms with Crippen LogP contribution in [0.4, 0.5) is 11.4 Å². The standard InChI is InChI=1S/C21H24N2O6/c1-12-5-6-17-13(2)7-19(21(3,4)11-18(12)17)29-20(24)14-8-15(22(25)26)10-16(9-14)23(27)28/h8-10,17,19H,2,5-7,11H2,1,3-4H3/t17-,19-/m0/s1. The molecular formula is C21H24N2O6. The maximum absolute atomic E-state index is 12.8. The van der Waals surface area contributed by atoms with Gasteiger partial charge in [-0.3, -0.25) is 20.2 Å². The van der Waals surface area contributed by atoms with Crippen molar-refractivity contribution in [2.45, 2.75) is 52.6 Å². The smallest absolute Gasteiger partial charge is 0.338 e. The van der Waals surface area contributed by atoms with E-state index in [9.17, 15) is 25.0 Å². The van der Waals surface area contributed by atoms with Gasteiger partial charge in [-0.05, 0) is 26.2 Å². The number of hydrogen-bond donors (Lipinski definition) is 0. The number of esters is 1. The van der Waals surface area contributed by atoms with Gasteiger partial charge in [0.15, 0.2) is 0 Å². The fraction of sp³-hybridized carbons (Fsp3) is 0.476. The molecule has 0 radical (unpaired) electrons. The van der Waals surface area contributed by atoms with Crippen molar-refractivity contribution in [2.24, 2.45) is 11.3 Å². The number of nitrogens with zero attached hydrogens (tertiary/aromatic N) is 2. The first-order valence-electron chi connectivity index (χ1n) is 9.50. The Morgan fingerprint density at radius 3 is 2.31 bits per heavy atom. The van der Waals surface area contributed by atoms with Gasteiger partial charge in [0.2, 0.25) is 0 Å². The van der Waals surface area contributed by atoms with E-state index in [1.807, 2.05) is 13.8 Å². The number of benzene rings is 1. The van der Waals surface area contributed by atoms with E-state index in [0.29, 0.717) is 12.3 Å². The molecule has 1 saturated carbocycles. The first kappa shape index (κ1) is 20.7. The third-order valence-corrected chi connectivity index (χ3v) is 6.04. The lowest BCUT2D eigenvalue weighted by molar-refractivity contribution is -0.394. The molecule has 0 N–H and O–H groups in total. The number of carbonyl (C=O) groups excluding carboxylic acids is 1. The van der Waals surface area contributed by atoms with E-state index in [2.05, 4.69) is 13.5 Å². The third-order valence-electron chi connectivity index (χ3n) is 6.04. The van der Waals surface area contributed by atoms with Crippen molar-refractivity contribution in [3.63, 3.8) is 0 Å². The summed E-state index contributed by atoms with van der Waals surface area (Å²) in [5.41, 5.74) is 2.14.